The number of nitrogens with two attached hydrogens (primary N) is 1. The quantitative estimate of drug-likeness (QED) is 0.571. The highest BCUT2D eigenvalue weighted by atomic mass is 32.2. The molecule has 0 aromatic heterocycles. The third-order valence-electron chi connectivity index (χ3n) is 0.495. The molecule has 0 spiro atoms. The first kappa shape index (κ1) is 8.58. The molecule has 0 aliphatic carbocycles. The molecule has 0 aromatic rings. The Kier molecular flexibility index (Phi) is 4.25. The van der Waals surface area contributed by atoms with Gasteiger partial charge in [0, 0.05) is 13.5 Å². The number of carbonyl (C=O) groups is 1. The minimum absolute atomic E-state index is 0.208. The van der Waals surface area contributed by atoms with Gasteiger partial charge in [-0.2, -0.15) is 0 Å². The lowest BCUT2D eigenvalue weighted by Crippen LogP contribution is -2.14. The van der Waals surface area contributed by atoms with E-state index in [1.54, 1.807) is 0 Å². The van der Waals surface area contributed by atoms with Crippen LogP contribution in [0.3, 0.4) is 0 Å². The van der Waals surface area contributed by atoms with Crippen LogP contribution < -0.4 is 5.73 Å². The molecule has 2 N–H and O–H groups in total. The number of hydrogen-bond acceptors (Lipinski definition) is 4. The number of rotatable bonds is 3. The second-order valence-corrected chi connectivity index (χ2v) is 2.55. The normalized spacial score (nSPS) is 12.7. The van der Waals surface area contributed by atoms with E-state index in [9.17, 15) is 9.00 Å². The molecule has 54 valence electrons. The highest BCUT2D eigenvalue weighted by molar-refractivity contribution is 7.80. The average molecular weight is 151 g/mol. The first-order valence-electron chi connectivity index (χ1n) is 2.44. The van der Waals surface area contributed by atoms with E-state index in [0.717, 1.165) is 0 Å². The maximum atomic E-state index is 10.4. The van der Waals surface area contributed by atoms with Crippen molar-refractivity contribution in [1.82, 2.24) is 0 Å². The molecule has 9 heavy (non-hydrogen) atoms. The minimum Gasteiger partial charge on any atom is -0.364 e. The van der Waals surface area contributed by atoms with Gasteiger partial charge < -0.3 is 9.92 Å². The molecule has 0 heterocycles. The smallest absolute Gasteiger partial charge is 0.316 e. The zero-order valence-corrected chi connectivity index (χ0v) is 5.94. The van der Waals surface area contributed by atoms with Crippen LogP contribution in [0.2, 0.25) is 0 Å². The summed E-state index contributed by atoms with van der Waals surface area (Å²) in [6.45, 7) is 1.47. The molecule has 0 rings (SSSR count). The van der Waals surface area contributed by atoms with Gasteiger partial charge in [0.25, 0.3) is 0 Å². The molecular formula is C4H9NO3S. The molecule has 0 radical (unpaired) electrons. The summed E-state index contributed by atoms with van der Waals surface area (Å²) < 4.78 is 14.7. The zero-order valence-electron chi connectivity index (χ0n) is 5.12. The topological polar surface area (TPSA) is 69.4 Å². The largest absolute Gasteiger partial charge is 0.364 e. The first-order chi connectivity index (χ1) is 4.16. The zero-order chi connectivity index (χ0) is 7.28. The van der Waals surface area contributed by atoms with Crippen LogP contribution in [0.4, 0.5) is 0 Å². The molecule has 0 fully saturated rings. The van der Waals surface area contributed by atoms with E-state index in [0.29, 0.717) is 0 Å². The summed E-state index contributed by atoms with van der Waals surface area (Å²) in [6, 6.07) is 0. The van der Waals surface area contributed by atoms with Crippen LogP contribution in [0.25, 0.3) is 0 Å². The Bertz CT molecular complexity index is 125. The van der Waals surface area contributed by atoms with Gasteiger partial charge in [0.05, 0.1) is 5.75 Å². The second kappa shape index (κ2) is 4.46. The van der Waals surface area contributed by atoms with E-state index >= 15 is 0 Å². The van der Waals surface area contributed by atoms with E-state index in [-0.39, 0.29) is 12.3 Å². The fourth-order valence-electron chi connectivity index (χ4n) is 0.269. The summed E-state index contributed by atoms with van der Waals surface area (Å²) in [6.07, 6.45) is 0. The Morgan fingerprint density at radius 3 is 2.67 bits per heavy atom. The van der Waals surface area contributed by atoms with Crippen LogP contribution in [0.1, 0.15) is 6.92 Å². The van der Waals surface area contributed by atoms with Crippen molar-refractivity contribution >= 4 is 17.0 Å². The van der Waals surface area contributed by atoms with Crippen molar-refractivity contribution in [1.29, 1.82) is 0 Å². The SMILES string of the molecule is CC(=O)OS(=O)CCN. The molecule has 0 bridgehead atoms. The highest BCUT2D eigenvalue weighted by Crippen LogP contribution is 1.83. The maximum Gasteiger partial charge on any atom is 0.316 e. The van der Waals surface area contributed by atoms with E-state index in [1.807, 2.05) is 0 Å². The van der Waals surface area contributed by atoms with E-state index in [2.05, 4.69) is 4.18 Å². The number of carbonyl (C=O) groups excluding carboxylic acids is 1. The first-order valence-corrected chi connectivity index (χ1v) is 3.68. The lowest BCUT2D eigenvalue weighted by molar-refractivity contribution is -0.130. The van der Waals surface area contributed by atoms with Gasteiger partial charge in [0.2, 0.25) is 11.1 Å². The molecule has 1 unspecified atom stereocenters. The van der Waals surface area contributed by atoms with Crippen LogP contribution >= 0.6 is 0 Å². The lowest BCUT2D eigenvalue weighted by Gasteiger charge is -1.95. The molecule has 0 aliphatic heterocycles. The summed E-state index contributed by atoms with van der Waals surface area (Å²) in [7, 11) is 0. The Morgan fingerprint density at radius 1 is 1.78 bits per heavy atom. The van der Waals surface area contributed by atoms with Crippen molar-refractivity contribution in [3.63, 3.8) is 0 Å². The molecule has 0 aliphatic rings. The molecular weight excluding hydrogens is 142 g/mol. The fraction of sp³-hybridized carbons (Fsp3) is 0.750. The maximum absolute atomic E-state index is 10.4. The van der Waals surface area contributed by atoms with Crippen LogP contribution in [0.5, 0.6) is 0 Å². The van der Waals surface area contributed by atoms with Crippen LogP contribution in [-0.2, 0) is 20.1 Å². The molecule has 4 nitrogen and oxygen atoms in total. The summed E-state index contributed by atoms with van der Waals surface area (Å²) in [5.41, 5.74) is 5.02. The Labute approximate surface area is 56.0 Å². The molecule has 5 heteroatoms. The van der Waals surface area contributed by atoms with Gasteiger partial charge in [-0.3, -0.25) is 4.79 Å². The van der Waals surface area contributed by atoms with Gasteiger partial charge in [-0.05, 0) is 0 Å². The van der Waals surface area contributed by atoms with Crippen LogP contribution in [0, 0.1) is 0 Å². The minimum atomic E-state index is -1.52. The van der Waals surface area contributed by atoms with Crippen LogP contribution in [-0.4, -0.2) is 22.5 Å². The van der Waals surface area contributed by atoms with Gasteiger partial charge >= 0.3 is 5.97 Å². The van der Waals surface area contributed by atoms with Gasteiger partial charge in [0.15, 0.2) is 0 Å². The fourth-order valence-corrected chi connectivity index (χ4v) is 0.806. The standard InChI is InChI=1S/C4H9NO3S/c1-4(6)8-9(7)3-2-5/h2-3,5H2,1H3. The van der Waals surface area contributed by atoms with Gasteiger partial charge in [-0.25, -0.2) is 4.21 Å². The van der Waals surface area contributed by atoms with Crippen LogP contribution in [0.15, 0.2) is 0 Å². The molecule has 0 saturated heterocycles. The van der Waals surface area contributed by atoms with E-state index in [1.165, 1.54) is 6.92 Å². The van der Waals surface area contributed by atoms with E-state index in [4.69, 9.17) is 5.73 Å². The van der Waals surface area contributed by atoms with Gasteiger partial charge in [-0.15, -0.1) is 0 Å². The molecule has 1 atom stereocenters. The Hall–Kier alpha value is -0.420. The Morgan fingerprint density at radius 2 is 2.33 bits per heavy atom. The van der Waals surface area contributed by atoms with Crippen molar-refractivity contribution in [2.24, 2.45) is 5.73 Å². The molecule has 0 aromatic carbocycles. The second-order valence-electron chi connectivity index (χ2n) is 1.37. The third kappa shape index (κ3) is 5.45. The van der Waals surface area contributed by atoms with Gasteiger partial charge in [0.1, 0.15) is 0 Å². The number of hydrogen-bond donors (Lipinski definition) is 1. The van der Waals surface area contributed by atoms with E-state index < -0.39 is 17.0 Å². The summed E-state index contributed by atoms with van der Waals surface area (Å²) >= 11 is -1.52. The predicted octanol–water partition coefficient (Wildman–Crippen LogP) is -0.828. The van der Waals surface area contributed by atoms with Crippen molar-refractivity contribution in [2.45, 2.75) is 6.92 Å². The predicted molar refractivity (Wildman–Crippen MR) is 33.8 cm³/mol. The van der Waals surface area contributed by atoms with Crippen molar-refractivity contribution < 1.29 is 13.2 Å². The summed E-state index contributed by atoms with van der Waals surface area (Å²) in [5.74, 6) is -0.332. The highest BCUT2D eigenvalue weighted by Gasteiger charge is 2.00. The van der Waals surface area contributed by atoms with Gasteiger partial charge in [-0.1, -0.05) is 0 Å². The third-order valence-corrected chi connectivity index (χ3v) is 1.48. The summed E-state index contributed by atoms with van der Waals surface area (Å²) in [4.78, 5) is 10.1. The van der Waals surface area contributed by atoms with Crippen molar-refractivity contribution in [3.8, 4) is 0 Å². The molecule has 0 saturated carbocycles. The molecule has 0 amide bonds. The monoisotopic (exact) mass is 151 g/mol. The summed E-state index contributed by atoms with van der Waals surface area (Å²) in [5, 5.41) is 0. The van der Waals surface area contributed by atoms with Crippen molar-refractivity contribution in [3.05, 3.63) is 0 Å². The van der Waals surface area contributed by atoms with Crippen molar-refractivity contribution in [2.75, 3.05) is 12.3 Å². The lowest BCUT2D eigenvalue weighted by atomic mass is 10.8. The Balaban J connectivity index is 3.39. The average Bonchev–Trinajstić information content (AvgIpc) is 1.63.